The Balaban J connectivity index is 2.26. The van der Waals surface area contributed by atoms with Crippen LogP contribution in [0.1, 0.15) is 18.3 Å². The Kier molecular flexibility index (Phi) is 3.64. The molecule has 0 bridgehead atoms. The zero-order valence-corrected chi connectivity index (χ0v) is 10.7. The average molecular weight is 266 g/mol. The minimum absolute atomic E-state index is 0.0478. The van der Waals surface area contributed by atoms with Crippen LogP contribution < -0.4 is 5.73 Å². The first-order valence-electron chi connectivity index (χ1n) is 4.85. The molecule has 3 N–H and O–H groups in total. The SMILES string of the molecule is CCc1nsc(Sc2ncncc2C(=N)N)n1. The highest BCUT2D eigenvalue weighted by Crippen LogP contribution is 2.29. The van der Waals surface area contributed by atoms with Gasteiger partial charge in [0.05, 0.1) is 5.56 Å². The fourth-order valence-electron chi connectivity index (χ4n) is 1.09. The van der Waals surface area contributed by atoms with Crippen molar-refractivity contribution in [1.29, 1.82) is 5.41 Å². The van der Waals surface area contributed by atoms with Gasteiger partial charge in [-0.1, -0.05) is 6.92 Å². The summed E-state index contributed by atoms with van der Waals surface area (Å²) in [6, 6.07) is 0. The van der Waals surface area contributed by atoms with Gasteiger partial charge >= 0.3 is 0 Å². The minimum Gasteiger partial charge on any atom is -0.384 e. The molecule has 0 spiro atoms. The van der Waals surface area contributed by atoms with Gasteiger partial charge in [0.25, 0.3) is 0 Å². The predicted octanol–water partition coefficient (Wildman–Crippen LogP) is 1.33. The van der Waals surface area contributed by atoms with E-state index in [9.17, 15) is 0 Å². The zero-order chi connectivity index (χ0) is 12.3. The molecule has 2 heterocycles. The molecule has 0 amide bonds. The van der Waals surface area contributed by atoms with Crippen molar-refractivity contribution in [2.24, 2.45) is 5.73 Å². The summed E-state index contributed by atoms with van der Waals surface area (Å²) in [4.78, 5) is 12.3. The molecule has 0 fully saturated rings. The number of nitrogen functional groups attached to an aromatic ring is 1. The van der Waals surface area contributed by atoms with Crippen LogP contribution in [0.4, 0.5) is 0 Å². The van der Waals surface area contributed by atoms with E-state index < -0.39 is 0 Å². The first kappa shape index (κ1) is 11.9. The molecule has 8 heteroatoms. The second-order valence-corrected chi connectivity index (χ2v) is 5.08. The molecule has 0 radical (unpaired) electrons. The van der Waals surface area contributed by atoms with Crippen molar-refractivity contribution in [1.82, 2.24) is 19.3 Å². The van der Waals surface area contributed by atoms with Crippen molar-refractivity contribution in [3.05, 3.63) is 23.9 Å². The van der Waals surface area contributed by atoms with Gasteiger partial charge in [-0.15, -0.1) is 0 Å². The molecule has 6 nitrogen and oxygen atoms in total. The van der Waals surface area contributed by atoms with Crippen molar-refractivity contribution in [3.8, 4) is 0 Å². The van der Waals surface area contributed by atoms with Crippen molar-refractivity contribution in [2.45, 2.75) is 22.7 Å². The van der Waals surface area contributed by atoms with Crippen molar-refractivity contribution in [2.75, 3.05) is 0 Å². The maximum absolute atomic E-state index is 7.44. The lowest BCUT2D eigenvalue weighted by molar-refractivity contribution is 0.968. The zero-order valence-electron chi connectivity index (χ0n) is 9.04. The first-order valence-corrected chi connectivity index (χ1v) is 6.44. The molecule has 2 rings (SSSR count). The summed E-state index contributed by atoms with van der Waals surface area (Å²) in [5.41, 5.74) is 5.98. The summed E-state index contributed by atoms with van der Waals surface area (Å²) in [5, 5.41) is 8.07. The van der Waals surface area contributed by atoms with Crippen molar-refractivity contribution in [3.63, 3.8) is 0 Å². The Morgan fingerprint density at radius 1 is 1.59 bits per heavy atom. The normalized spacial score (nSPS) is 10.4. The summed E-state index contributed by atoms with van der Waals surface area (Å²) >= 11 is 2.67. The molecule has 0 saturated carbocycles. The van der Waals surface area contributed by atoms with Crippen LogP contribution >= 0.6 is 23.3 Å². The lowest BCUT2D eigenvalue weighted by Crippen LogP contribution is -2.13. The summed E-state index contributed by atoms with van der Waals surface area (Å²) in [6.07, 6.45) is 3.76. The van der Waals surface area contributed by atoms with Crippen LogP contribution in [0.15, 0.2) is 21.9 Å². The standard InChI is InChI=1S/C9H10N6S2/c1-2-6-14-9(17-15-6)16-8-5(7(10)11)3-12-4-13-8/h3-4H,2H2,1H3,(H3,10,11). The third kappa shape index (κ3) is 2.77. The van der Waals surface area contributed by atoms with Crippen molar-refractivity contribution >= 4 is 29.1 Å². The van der Waals surface area contributed by atoms with E-state index in [1.807, 2.05) is 6.92 Å². The number of nitrogens with one attached hydrogen (secondary N) is 1. The molecule has 0 unspecified atom stereocenters. The van der Waals surface area contributed by atoms with Crippen molar-refractivity contribution < 1.29 is 0 Å². The molecule has 0 saturated heterocycles. The highest BCUT2D eigenvalue weighted by molar-refractivity contribution is 8.01. The van der Waals surface area contributed by atoms with Gasteiger partial charge in [0.1, 0.15) is 23.0 Å². The van der Waals surface area contributed by atoms with Crippen LogP contribution in [0, 0.1) is 5.41 Å². The maximum atomic E-state index is 7.44. The monoisotopic (exact) mass is 266 g/mol. The van der Waals surface area contributed by atoms with Gasteiger partial charge in [-0.2, -0.15) is 4.37 Å². The number of rotatable bonds is 4. The fraction of sp³-hybridized carbons (Fsp3) is 0.222. The van der Waals surface area contributed by atoms with E-state index in [4.69, 9.17) is 11.1 Å². The Hall–Kier alpha value is -1.54. The number of aryl methyl sites for hydroxylation is 1. The van der Waals surface area contributed by atoms with Gasteiger partial charge in [-0.25, -0.2) is 15.0 Å². The number of hydrogen-bond donors (Lipinski definition) is 2. The van der Waals surface area contributed by atoms with E-state index in [0.29, 0.717) is 10.6 Å². The predicted molar refractivity (Wildman–Crippen MR) is 66.5 cm³/mol. The van der Waals surface area contributed by atoms with Gasteiger partial charge in [-0.05, 0) is 23.3 Å². The molecule has 0 aromatic carbocycles. The van der Waals surface area contributed by atoms with E-state index in [1.54, 1.807) is 0 Å². The van der Waals surface area contributed by atoms with Crippen LogP contribution in [0.3, 0.4) is 0 Å². The number of amidine groups is 1. The molecule has 88 valence electrons. The summed E-state index contributed by atoms with van der Waals surface area (Å²) in [7, 11) is 0. The van der Waals surface area contributed by atoms with Gasteiger partial charge in [0.2, 0.25) is 0 Å². The highest BCUT2D eigenvalue weighted by atomic mass is 32.2. The quantitative estimate of drug-likeness (QED) is 0.491. The van der Waals surface area contributed by atoms with Gasteiger partial charge in [-0.3, -0.25) is 5.41 Å². The van der Waals surface area contributed by atoms with Crippen LogP contribution in [0.2, 0.25) is 0 Å². The highest BCUT2D eigenvalue weighted by Gasteiger charge is 2.11. The Morgan fingerprint density at radius 3 is 3.06 bits per heavy atom. The Labute approximate surface area is 106 Å². The number of nitrogens with two attached hydrogens (primary N) is 1. The summed E-state index contributed by atoms with van der Waals surface area (Å²) in [6.45, 7) is 2.00. The molecule has 0 aliphatic heterocycles. The van der Waals surface area contributed by atoms with Gasteiger partial charge < -0.3 is 5.73 Å². The van der Waals surface area contributed by atoms with Crippen LogP contribution in [-0.2, 0) is 6.42 Å². The van der Waals surface area contributed by atoms with E-state index in [0.717, 1.165) is 16.6 Å². The smallest absolute Gasteiger partial charge is 0.176 e. The van der Waals surface area contributed by atoms with E-state index >= 15 is 0 Å². The van der Waals surface area contributed by atoms with Crippen LogP contribution in [-0.4, -0.2) is 25.2 Å². The van der Waals surface area contributed by atoms with E-state index in [1.165, 1.54) is 35.8 Å². The molecule has 0 aliphatic rings. The summed E-state index contributed by atoms with van der Waals surface area (Å²) < 4.78 is 4.98. The lowest BCUT2D eigenvalue weighted by atomic mass is 10.3. The molecule has 0 atom stereocenters. The van der Waals surface area contributed by atoms with Crippen LogP contribution in [0.25, 0.3) is 0 Å². The number of hydrogen-bond acceptors (Lipinski definition) is 7. The fourth-order valence-corrected chi connectivity index (χ4v) is 2.78. The summed E-state index contributed by atoms with van der Waals surface area (Å²) in [5.74, 6) is 0.768. The van der Waals surface area contributed by atoms with Gasteiger partial charge in [0, 0.05) is 12.6 Å². The van der Waals surface area contributed by atoms with E-state index in [2.05, 4.69) is 19.3 Å². The Bertz CT molecular complexity index is 538. The molecule has 2 aromatic rings. The molecule has 17 heavy (non-hydrogen) atoms. The third-order valence-electron chi connectivity index (χ3n) is 1.92. The molecular formula is C9H10N6S2. The second kappa shape index (κ2) is 5.19. The lowest BCUT2D eigenvalue weighted by Gasteiger charge is -2.02. The molecular weight excluding hydrogens is 256 g/mol. The number of nitrogens with zero attached hydrogens (tertiary/aromatic N) is 4. The number of aromatic nitrogens is 4. The van der Waals surface area contributed by atoms with Crippen LogP contribution in [0.5, 0.6) is 0 Å². The molecule has 0 aliphatic carbocycles. The molecule has 2 aromatic heterocycles. The van der Waals surface area contributed by atoms with Gasteiger partial charge in [0.15, 0.2) is 4.34 Å². The maximum Gasteiger partial charge on any atom is 0.176 e. The minimum atomic E-state index is -0.0478. The topological polar surface area (TPSA) is 101 Å². The first-order chi connectivity index (χ1) is 8.20. The second-order valence-electron chi connectivity index (χ2n) is 3.09. The largest absolute Gasteiger partial charge is 0.384 e. The Morgan fingerprint density at radius 2 is 2.41 bits per heavy atom. The van der Waals surface area contributed by atoms with E-state index in [-0.39, 0.29) is 5.84 Å². The average Bonchev–Trinajstić information content (AvgIpc) is 2.77. The third-order valence-corrected chi connectivity index (χ3v) is 3.72.